The van der Waals surface area contributed by atoms with Crippen LogP contribution in [0.2, 0.25) is 0 Å². The predicted molar refractivity (Wildman–Crippen MR) is 54.0 cm³/mol. The van der Waals surface area contributed by atoms with Crippen LogP contribution in [-0.4, -0.2) is 6.10 Å². The second-order valence-corrected chi connectivity index (χ2v) is 2.81. The first kappa shape index (κ1) is 11.3. The molecule has 0 aromatic rings. The summed E-state index contributed by atoms with van der Waals surface area (Å²) < 4.78 is 5.47. The Kier molecular flexibility index (Phi) is 7.87. The van der Waals surface area contributed by atoms with E-state index in [2.05, 4.69) is 13.0 Å². The number of rotatable bonds is 6. The van der Waals surface area contributed by atoms with Gasteiger partial charge in [0.15, 0.2) is 0 Å². The monoisotopic (exact) mass is 168 g/mol. The van der Waals surface area contributed by atoms with Gasteiger partial charge in [-0.2, -0.15) is 0 Å². The second kappa shape index (κ2) is 8.38. The summed E-state index contributed by atoms with van der Waals surface area (Å²) >= 11 is 0. The summed E-state index contributed by atoms with van der Waals surface area (Å²) in [6, 6.07) is 0. The van der Waals surface area contributed by atoms with E-state index < -0.39 is 0 Å². The molecule has 0 saturated carbocycles. The van der Waals surface area contributed by atoms with Crippen LogP contribution < -0.4 is 0 Å². The van der Waals surface area contributed by atoms with Crippen LogP contribution in [0.15, 0.2) is 24.5 Å². The van der Waals surface area contributed by atoms with Gasteiger partial charge in [0.25, 0.3) is 0 Å². The van der Waals surface area contributed by atoms with E-state index in [4.69, 9.17) is 4.74 Å². The molecule has 12 heavy (non-hydrogen) atoms. The van der Waals surface area contributed by atoms with Crippen LogP contribution in [0.3, 0.4) is 0 Å². The number of hydrogen-bond acceptors (Lipinski definition) is 1. The third kappa shape index (κ3) is 6.02. The third-order valence-corrected chi connectivity index (χ3v) is 1.64. The van der Waals surface area contributed by atoms with Gasteiger partial charge in [-0.25, -0.2) is 0 Å². The smallest absolute Gasteiger partial charge is 0.116 e. The van der Waals surface area contributed by atoms with Crippen LogP contribution in [0.5, 0.6) is 0 Å². The summed E-state index contributed by atoms with van der Waals surface area (Å²) in [6.45, 7) is 6.19. The van der Waals surface area contributed by atoms with Gasteiger partial charge in [0.05, 0.1) is 6.26 Å². The van der Waals surface area contributed by atoms with E-state index in [-0.39, 0.29) is 6.10 Å². The lowest BCUT2D eigenvalue weighted by Crippen LogP contribution is -2.05. The molecule has 0 aromatic heterocycles. The van der Waals surface area contributed by atoms with Crippen molar-refractivity contribution in [2.75, 3.05) is 0 Å². The summed E-state index contributed by atoms with van der Waals surface area (Å²) in [5, 5.41) is 0. The minimum absolute atomic E-state index is 0.270. The van der Waals surface area contributed by atoms with Gasteiger partial charge in [-0.1, -0.05) is 25.5 Å². The Balaban J connectivity index is 3.69. The van der Waals surface area contributed by atoms with Crippen molar-refractivity contribution in [3.05, 3.63) is 24.5 Å². The van der Waals surface area contributed by atoms with Gasteiger partial charge in [0.2, 0.25) is 0 Å². The first-order valence-corrected chi connectivity index (χ1v) is 4.74. The predicted octanol–water partition coefficient (Wildman–Crippen LogP) is 3.67. The standard InChI is InChI=1S/C11H20O/c1-4-7-9-11(8-5-2)12-10-6-3/h5-6,8,10-11H,4,7,9H2,1-3H3/b8-5-,10-6+. The van der Waals surface area contributed by atoms with E-state index in [1.807, 2.05) is 26.0 Å². The first-order valence-electron chi connectivity index (χ1n) is 4.74. The molecule has 0 bridgehead atoms. The maximum atomic E-state index is 5.47. The molecular weight excluding hydrogens is 148 g/mol. The lowest BCUT2D eigenvalue weighted by Gasteiger charge is -2.11. The Morgan fingerprint density at radius 3 is 2.50 bits per heavy atom. The van der Waals surface area contributed by atoms with Gasteiger partial charge in [0.1, 0.15) is 6.10 Å². The molecule has 0 spiro atoms. The van der Waals surface area contributed by atoms with Gasteiger partial charge in [-0.05, 0) is 32.8 Å². The summed E-state index contributed by atoms with van der Waals surface area (Å²) in [7, 11) is 0. The molecule has 1 unspecified atom stereocenters. The van der Waals surface area contributed by atoms with E-state index in [0.717, 1.165) is 6.42 Å². The van der Waals surface area contributed by atoms with Crippen molar-refractivity contribution >= 4 is 0 Å². The summed E-state index contributed by atoms with van der Waals surface area (Å²) in [6.07, 6.45) is 11.7. The Morgan fingerprint density at radius 1 is 1.25 bits per heavy atom. The quantitative estimate of drug-likeness (QED) is 0.434. The highest BCUT2D eigenvalue weighted by atomic mass is 16.5. The molecule has 1 heteroatoms. The fraction of sp³-hybridized carbons (Fsp3) is 0.636. The fourth-order valence-electron chi connectivity index (χ4n) is 1.01. The first-order chi connectivity index (χ1) is 5.85. The molecule has 1 atom stereocenters. The average Bonchev–Trinajstić information content (AvgIpc) is 2.10. The van der Waals surface area contributed by atoms with Crippen LogP contribution >= 0.6 is 0 Å². The molecule has 1 nitrogen and oxygen atoms in total. The molecule has 70 valence electrons. The molecule has 0 radical (unpaired) electrons. The summed E-state index contributed by atoms with van der Waals surface area (Å²) in [5.41, 5.74) is 0. The van der Waals surface area contributed by atoms with Gasteiger partial charge >= 0.3 is 0 Å². The molecule has 0 fully saturated rings. The highest BCUT2D eigenvalue weighted by Crippen LogP contribution is 2.06. The van der Waals surface area contributed by atoms with Gasteiger partial charge < -0.3 is 4.74 Å². The minimum Gasteiger partial charge on any atom is -0.494 e. The number of unbranched alkanes of at least 4 members (excludes halogenated alkanes) is 1. The number of ether oxygens (including phenoxy) is 1. The van der Waals surface area contributed by atoms with Crippen molar-refractivity contribution < 1.29 is 4.74 Å². The van der Waals surface area contributed by atoms with Crippen LogP contribution in [0.4, 0.5) is 0 Å². The van der Waals surface area contributed by atoms with Crippen molar-refractivity contribution in [1.82, 2.24) is 0 Å². The number of hydrogen-bond donors (Lipinski definition) is 0. The van der Waals surface area contributed by atoms with Gasteiger partial charge in [0, 0.05) is 0 Å². The van der Waals surface area contributed by atoms with E-state index >= 15 is 0 Å². The summed E-state index contributed by atoms with van der Waals surface area (Å²) in [5.74, 6) is 0. The highest BCUT2D eigenvalue weighted by Gasteiger charge is 2.00. The molecule has 0 aromatic carbocycles. The zero-order chi connectivity index (χ0) is 9.23. The molecule has 0 saturated heterocycles. The molecular formula is C11H20O. The van der Waals surface area contributed by atoms with E-state index in [9.17, 15) is 0 Å². The Morgan fingerprint density at radius 2 is 2.00 bits per heavy atom. The Hall–Kier alpha value is -0.720. The Labute approximate surface area is 76.1 Å². The molecule has 0 aliphatic heterocycles. The molecule has 0 aliphatic rings. The van der Waals surface area contributed by atoms with Crippen molar-refractivity contribution in [2.24, 2.45) is 0 Å². The maximum Gasteiger partial charge on any atom is 0.116 e. The van der Waals surface area contributed by atoms with Crippen molar-refractivity contribution in [3.8, 4) is 0 Å². The molecule has 0 aliphatic carbocycles. The van der Waals surface area contributed by atoms with Crippen LogP contribution in [0, 0.1) is 0 Å². The topological polar surface area (TPSA) is 9.23 Å². The minimum atomic E-state index is 0.270. The average molecular weight is 168 g/mol. The zero-order valence-electron chi connectivity index (χ0n) is 8.42. The van der Waals surface area contributed by atoms with Crippen molar-refractivity contribution in [1.29, 1.82) is 0 Å². The SMILES string of the molecule is C/C=C\C(CCCC)O/C=C/C. The molecule has 0 heterocycles. The summed E-state index contributed by atoms with van der Waals surface area (Å²) in [4.78, 5) is 0. The highest BCUT2D eigenvalue weighted by molar-refractivity contribution is 4.88. The van der Waals surface area contributed by atoms with Gasteiger partial charge in [-0.15, -0.1) is 0 Å². The fourth-order valence-corrected chi connectivity index (χ4v) is 1.01. The van der Waals surface area contributed by atoms with Crippen molar-refractivity contribution in [2.45, 2.75) is 46.1 Å². The molecule has 0 N–H and O–H groups in total. The zero-order valence-corrected chi connectivity index (χ0v) is 8.42. The van der Waals surface area contributed by atoms with Crippen molar-refractivity contribution in [3.63, 3.8) is 0 Å². The second-order valence-electron chi connectivity index (χ2n) is 2.81. The lowest BCUT2D eigenvalue weighted by atomic mass is 10.1. The molecule has 0 rings (SSSR count). The van der Waals surface area contributed by atoms with Crippen LogP contribution in [-0.2, 0) is 4.74 Å². The normalized spacial score (nSPS) is 14.2. The van der Waals surface area contributed by atoms with E-state index in [1.165, 1.54) is 12.8 Å². The van der Waals surface area contributed by atoms with Crippen LogP contribution in [0.1, 0.15) is 40.0 Å². The van der Waals surface area contributed by atoms with E-state index in [1.54, 1.807) is 6.26 Å². The molecule has 0 amide bonds. The third-order valence-electron chi connectivity index (χ3n) is 1.64. The van der Waals surface area contributed by atoms with Crippen LogP contribution in [0.25, 0.3) is 0 Å². The number of allylic oxidation sites excluding steroid dienone is 2. The van der Waals surface area contributed by atoms with E-state index in [0.29, 0.717) is 0 Å². The largest absolute Gasteiger partial charge is 0.494 e. The lowest BCUT2D eigenvalue weighted by molar-refractivity contribution is 0.174. The maximum absolute atomic E-state index is 5.47. The Bertz CT molecular complexity index is 136. The van der Waals surface area contributed by atoms with Gasteiger partial charge in [-0.3, -0.25) is 0 Å².